The lowest BCUT2D eigenvalue weighted by atomic mass is 9.93. The molecular weight excluding hydrogens is 491 g/mol. The summed E-state index contributed by atoms with van der Waals surface area (Å²) in [5, 5.41) is 23.4. The third-order valence-electron chi connectivity index (χ3n) is 5.16. The number of rotatable bonds is 9. The van der Waals surface area contributed by atoms with Crippen molar-refractivity contribution < 1.29 is 28.9 Å². The summed E-state index contributed by atoms with van der Waals surface area (Å²) in [4.78, 5) is 42.8. The normalized spacial score (nSPS) is 14.4. The summed E-state index contributed by atoms with van der Waals surface area (Å²) in [5.41, 5.74) is 0.442. The van der Waals surface area contributed by atoms with E-state index >= 15 is 0 Å². The van der Waals surface area contributed by atoms with Crippen molar-refractivity contribution in [3.05, 3.63) is 67.8 Å². The molecular formula is C22H22Cl2N2O8. The first kappa shape index (κ1) is 27.0. The van der Waals surface area contributed by atoms with E-state index in [1.54, 1.807) is 0 Å². The van der Waals surface area contributed by atoms with Crippen LogP contribution >= 0.6 is 23.2 Å². The van der Waals surface area contributed by atoms with Gasteiger partial charge in [-0.2, -0.15) is 0 Å². The summed E-state index contributed by atoms with van der Waals surface area (Å²) < 4.78 is 9.28. The Bertz CT molecular complexity index is 1060. The third-order valence-corrected chi connectivity index (χ3v) is 5.74. The van der Waals surface area contributed by atoms with Crippen LogP contribution in [0.5, 0.6) is 0 Å². The monoisotopic (exact) mass is 512 g/mol. The summed E-state index contributed by atoms with van der Waals surface area (Å²) in [6, 6.07) is 8.43. The molecule has 0 unspecified atom stereocenters. The van der Waals surface area contributed by atoms with E-state index in [9.17, 15) is 29.8 Å². The number of ether oxygens (including phenoxy) is 2. The lowest BCUT2D eigenvalue weighted by Gasteiger charge is -2.19. The lowest BCUT2D eigenvalue weighted by molar-refractivity contribution is -0.385. The average Bonchev–Trinajstić information content (AvgIpc) is 2.77. The van der Waals surface area contributed by atoms with Gasteiger partial charge in [0.25, 0.3) is 11.4 Å². The Morgan fingerprint density at radius 2 is 1.12 bits per heavy atom. The van der Waals surface area contributed by atoms with Crippen LogP contribution in [0.1, 0.15) is 25.0 Å². The van der Waals surface area contributed by atoms with Crippen LogP contribution in [0.4, 0.5) is 11.4 Å². The van der Waals surface area contributed by atoms with Crippen molar-refractivity contribution in [2.75, 3.05) is 14.2 Å². The minimum Gasteiger partial charge on any atom is -0.468 e. The second-order valence-corrected chi connectivity index (χ2v) is 9.60. The number of nitro groups is 2. The number of methoxy groups -OCH3 is 2. The van der Waals surface area contributed by atoms with E-state index in [2.05, 4.69) is 9.47 Å². The summed E-state index contributed by atoms with van der Waals surface area (Å²) >= 11 is 12.4. The molecule has 182 valence electrons. The van der Waals surface area contributed by atoms with Gasteiger partial charge in [-0.15, -0.1) is 23.2 Å². The minimum atomic E-state index is -1.52. The van der Waals surface area contributed by atoms with Crippen LogP contribution in [0.3, 0.4) is 0 Å². The van der Waals surface area contributed by atoms with Crippen LogP contribution in [0.15, 0.2) is 36.4 Å². The van der Waals surface area contributed by atoms with Gasteiger partial charge in [0, 0.05) is 36.1 Å². The molecule has 0 radical (unpaired) electrons. The first-order valence-electron chi connectivity index (χ1n) is 9.83. The molecule has 0 heterocycles. The number of benzene rings is 2. The van der Waals surface area contributed by atoms with E-state index < -0.39 is 31.5 Å². The predicted octanol–water partition coefficient (Wildman–Crippen LogP) is 4.60. The predicted molar refractivity (Wildman–Crippen MR) is 125 cm³/mol. The first-order chi connectivity index (χ1) is 15.7. The van der Waals surface area contributed by atoms with Crippen molar-refractivity contribution in [2.24, 2.45) is 0 Å². The van der Waals surface area contributed by atoms with Crippen LogP contribution in [0.2, 0.25) is 0 Å². The molecule has 10 nitrogen and oxygen atoms in total. The summed E-state index contributed by atoms with van der Waals surface area (Å²) in [6.45, 7) is 2.78. The van der Waals surface area contributed by atoms with Gasteiger partial charge in [-0.05, 0) is 25.0 Å². The van der Waals surface area contributed by atoms with Crippen LogP contribution in [-0.2, 0) is 31.9 Å². The number of esters is 2. The van der Waals surface area contributed by atoms with E-state index in [0.717, 1.165) is 14.2 Å². The van der Waals surface area contributed by atoms with Crippen molar-refractivity contribution in [3.63, 3.8) is 0 Å². The Morgan fingerprint density at radius 1 is 0.794 bits per heavy atom. The Morgan fingerprint density at radius 3 is 1.38 bits per heavy atom. The zero-order valence-corrected chi connectivity index (χ0v) is 20.3. The fourth-order valence-corrected chi connectivity index (χ4v) is 3.85. The molecule has 2 aromatic rings. The van der Waals surface area contributed by atoms with Gasteiger partial charge in [0.15, 0.2) is 0 Å². The fraction of sp³-hybridized carbons (Fsp3) is 0.364. The van der Waals surface area contributed by atoms with E-state index in [1.807, 2.05) is 0 Å². The Labute approximate surface area is 205 Å². The Hall–Kier alpha value is -3.24. The Kier molecular flexibility index (Phi) is 8.22. The van der Waals surface area contributed by atoms with E-state index in [4.69, 9.17) is 23.2 Å². The lowest BCUT2D eigenvalue weighted by Crippen LogP contribution is -2.32. The van der Waals surface area contributed by atoms with Gasteiger partial charge < -0.3 is 9.47 Å². The van der Waals surface area contributed by atoms with Crippen LogP contribution < -0.4 is 0 Å². The maximum Gasteiger partial charge on any atom is 0.326 e. The molecule has 0 aliphatic rings. The highest BCUT2D eigenvalue weighted by Gasteiger charge is 2.36. The van der Waals surface area contributed by atoms with Gasteiger partial charge in [0.2, 0.25) is 0 Å². The number of carbonyl (C=O) groups is 2. The zero-order chi connectivity index (χ0) is 25.8. The zero-order valence-electron chi connectivity index (χ0n) is 18.8. The van der Waals surface area contributed by atoms with E-state index in [0.29, 0.717) is 11.1 Å². The van der Waals surface area contributed by atoms with Crippen LogP contribution in [-0.4, -0.2) is 45.8 Å². The molecule has 2 atom stereocenters. The topological polar surface area (TPSA) is 139 Å². The number of hydrogen-bond donors (Lipinski definition) is 0. The van der Waals surface area contributed by atoms with E-state index in [1.165, 1.54) is 50.2 Å². The number of halogens is 2. The number of nitro benzene ring substituents is 2. The molecule has 2 aromatic carbocycles. The molecule has 0 bridgehead atoms. The van der Waals surface area contributed by atoms with E-state index in [-0.39, 0.29) is 35.3 Å². The van der Waals surface area contributed by atoms with Gasteiger partial charge in [0.05, 0.1) is 24.1 Å². The molecule has 0 N–H and O–H groups in total. The fourth-order valence-electron chi connectivity index (χ4n) is 3.41. The second kappa shape index (κ2) is 10.4. The molecule has 0 fully saturated rings. The minimum absolute atomic E-state index is 0.168. The highest BCUT2D eigenvalue weighted by atomic mass is 35.5. The average molecular weight is 513 g/mol. The van der Waals surface area contributed by atoms with Crippen LogP contribution in [0.25, 0.3) is 11.1 Å². The van der Waals surface area contributed by atoms with Crippen molar-refractivity contribution in [1.82, 2.24) is 0 Å². The maximum absolute atomic E-state index is 11.9. The van der Waals surface area contributed by atoms with Crippen molar-refractivity contribution in [2.45, 2.75) is 36.4 Å². The second-order valence-electron chi connectivity index (χ2n) is 7.93. The van der Waals surface area contributed by atoms with Crippen molar-refractivity contribution >= 4 is 46.5 Å². The molecule has 0 aromatic heterocycles. The van der Waals surface area contributed by atoms with Crippen LogP contribution in [0, 0.1) is 20.2 Å². The highest BCUT2D eigenvalue weighted by molar-refractivity contribution is 6.34. The van der Waals surface area contributed by atoms with Crippen molar-refractivity contribution in [1.29, 1.82) is 0 Å². The summed E-state index contributed by atoms with van der Waals surface area (Å²) in [7, 11) is 2.32. The van der Waals surface area contributed by atoms with Gasteiger partial charge in [-0.3, -0.25) is 29.8 Å². The number of alkyl halides is 2. The largest absolute Gasteiger partial charge is 0.468 e. The molecule has 34 heavy (non-hydrogen) atoms. The molecule has 0 spiro atoms. The smallest absolute Gasteiger partial charge is 0.326 e. The molecule has 2 rings (SSSR count). The summed E-state index contributed by atoms with van der Waals surface area (Å²) in [5.74, 6) is -1.48. The maximum atomic E-state index is 11.9. The molecule has 0 aliphatic carbocycles. The molecule has 0 saturated heterocycles. The van der Waals surface area contributed by atoms with Gasteiger partial charge in [-0.25, -0.2) is 0 Å². The van der Waals surface area contributed by atoms with Gasteiger partial charge >= 0.3 is 11.9 Å². The van der Waals surface area contributed by atoms with Crippen molar-refractivity contribution in [3.8, 4) is 11.1 Å². The summed E-state index contributed by atoms with van der Waals surface area (Å²) in [6.07, 6.45) is -0.336. The third kappa shape index (κ3) is 6.00. The highest BCUT2D eigenvalue weighted by Crippen LogP contribution is 2.35. The quantitative estimate of drug-likeness (QED) is 0.205. The SMILES string of the molecule is COC(=O)[C@@](C)(Cl)Cc1ccc(-c2ccc(C[C@](C)(Cl)C(=O)OC)c([N+](=O)[O-])c2)cc1[N+](=O)[O-]. The molecule has 0 aliphatic heterocycles. The number of nitrogens with zero attached hydrogens (tertiary/aromatic N) is 2. The number of hydrogen-bond acceptors (Lipinski definition) is 8. The first-order valence-corrected chi connectivity index (χ1v) is 10.6. The molecule has 0 amide bonds. The molecule has 0 saturated carbocycles. The van der Waals surface area contributed by atoms with Gasteiger partial charge in [0.1, 0.15) is 9.75 Å². The standard InChI is InChI=1S/C22H22Cl2N2O8/c1-21(23,19(27)33-3)11-15-7-5-13(9-17(15)25(29)30)14-6-8-16(18(10-14)26(31)32)12-22(2,24)20(28)34-4/h5-10H,11-12H2,1-4H3/t21-,22-/m0/s1. The number of carbonyl (C=O) groups excluding carboxylic acids is 2. The Balaban J connectivity index is 2.51. The van der Waals surface area contributed by atoms with Gasteiger partial charge in [-0.1, -0.05) is 24.3 Å². The molecule has 12 heteroatoms.